The Morgan fingerprint density at radius 2 is 0.574 bits per heavy atom. The smallest absolute Gasteiger partial charge is 0.119 e. The highest BCUT2D eigenvalue weighted by Gasteiger charge is 2.28. The van der Waals surface area contributed by atoms with Gasteiger partial charge in [0.1, 0.15) is 5.75 Å². The lowest BCUT2D eigenvalue weighted by Gasteiger charge is -2.30. The Kier molecular flexibility index (Phi) is 21.2. The monoisotopic (exact) mass is 827 g/mol. The van der Waals surface area contributed by atoms with Crippen molar-refractivity contribution < 1.29 is 5.11 Å². The Hall–Kier alpha value is -3.32. The van der Waals surface area contributed by atoms with Gasteiger partial charge in [-0.05, 0) is 179 Å². The van der Waals surface area contributed by atoms with E-state index in [1.807, 2.05) is 0 Å². The molecule has 1 nitrogen and oxygen atoms in total. The van der Waals surface area contributed by atoms with Crippen molar-refractivity contribution >= 4 is 0 Å². The van der Waals surface area contributed by atoms with Gasteiger partial charge in [-0.15, -0.1) is 0 Å². The predicted molar refractivity (Wildman–Crippen MR) is 270 cm³/mol. The zero-order valence-corrected chi connectivity index (χ0v) is 41.6. The highest BCUT2D eigenvalue weighted by Crippen LogP contribution is 2.43. The van der Waals surface area contributed by atoms with Crippen LogP contribution in [0.3, 0.4) is 0 Å². The van der Waals surface area contributed by atoms with Gasteiger partial charge in [0.2, 0.25) is 0 Å². The summed E-state index contributed by atoms with van der Waals surface area (Å²) in [6.45, 7) is 28.4. The first kappa shape index (κ1) is 50.3. The van der Waals surface area contributed by atoms with Gasteiger partial charge < -0.3 is 5.11 Å². The van der Waals surface area contributed by atoms with Gasteiger partial charge in [-0.1, -0.05) is 183 Å². The maximum Gasteiger partial charge on any atom is 0.119 e. The van der Waals surface area contributed by atoms with Crippen molar-refractivity contribution in [3.05, 3.63) is 132 Å². The van der Waals surface area contributed by atoms with Gasteiger partial charge in [-0.3, -0.25) is 0 Å². The van der Waals surface area contributed by atoms with E-state index >= 15 is 0 Å². The second-order valence-corrected chi connectivity index (χ2v) is 19.1. The number of phenolic OH excluding ortho intramolecular Hbond substituents is 1. The molecule has 4 aromatic carbocycles. The summed E-state index contributed by atoms with van der Waals surface area (Å²) < 4.78 is 0. The molecule has 3 atom stereocenters. The van der Waals surface area contributed by atoms with E-state index in [0.29, 0.717) is 11.7 Å². The number of aromatic hydroxyl groups is 1. The van der Waals surface area contributed by atoms with E-state index in [0.717, 1.165) is 70.6 Å². The molecule has 0 saturated carbocycles. The number of phenols is 1. The number of hydrogen-bond donors (Lipinski definition) is 1. The third-order valence-electron chi connectivity index (χ3n) is 13.8. The van der Waals surface area contributed by atoms with Crippen molar-refractivity contribution in [2.45, 2.75) is 236 Å². The van der Waals surface area contributed by atoms with Crippen LogP contribution in [0.1, 0.15) is 242 Å². The Balaban J connectivity index is 1.94. The standard InChI is InChI=1S/C60H90O/c1-13-22-45-31-34-48(55(28-19-7)52(45)25-16-4)39-42(10)51-37-38-58(61)60(44(12)41-50-36-33-47(24-15-3)54(27-18-6)57(50)30-21-9)59(51)43(11)40-49-35-32-46(23-14-2)53(26-17-5)56(49)29-20-8/h31-38,42-44,61H,13-30,39-41H2,1-12H3. The van der Waals surface area contributed by atoms with E-state index in [1.165, 1.54) is 92.0 Å². The zero-order chi connectivity index (χ0) is 44.5. The van der Waals surface area contributed by atoms with E-state index in [2.05, 4.69) is 132 Å². The van der Waals surface area contributed by atoms with Crippen LogP contribution < -0.4 is 0 Å². The van der Waals surface area contributed by atoms with Crippen LogP contribution in [-0.2, 0) is 77.0 Å². The highest BCUT2D eigenvalue weighted by atomic mass is 16.3. The zero-order valence-electron chi connectivity index (χ0n) is 41.6. The average molecular weight is 827 g/mol. The van der Waals surface area contributed by atoms with Crippen LogP contribution in [0.2, 0.25) is 0 Å². The van der Waals surface area contributed by atoms with Crippen molar-refractivity contribution in [2.75, 3.05) is 0 Å². The SMILES string of the molecule is CCCc1ccc(CC(C)c2ccc(O)c(C(C)Cc3ccc(CCC)c(CCC)c3CCC)c2C(C)Cc2ccc(CCC)c(CCC)c2CCC)c(CCC)c1CCC. The first-order chi connectivity index (χ1) is 29.6. The van der Waals surface area contributed by atoms with Gasteiger partial charge >= 0.3 is 0 Å². The predicted octanol–water partition coefficient (Wildman–Crippen LogP) is 17.0. The second-order valence-electron chi connectivity index (χ2n) is 19.1. The molecule has 0 amide bonds. The molecule has 61 heavy (non-hydrogen) atoms. The fraction of sp³-hybridized carbons (Fsp3) is 0.600. The van der Waals surface area contributed by atoms with E-state index in [4.69, 9.17) is 0 Å². The molecule has 0 spiro atoms. The van der Waals surface area contributed by atoms with Crippen LogP contribution in [0, 0.1) is 0 Å². The van der Waals surface area contributed by atoms with Crippen LogP contribution >= 0.6 is 0 Å². The minimum atomic E-state index is 0.185. The Bertz CT molecular complexity index is 1940. The summed E-state index contributed by atoms with van der Waals surface area (Å²) in [6.07, 6.45) is 24.0. The van der Waals surface area contributed by atoms with Crippen molar-refractivity contribution in [2.24, 2.45) is 0 Å². The lowest BCUT2D eigenvalue weighted by molar-refractivity contribution is 0.458. The van der Waals surface area contributed by atoms with E-state index in [1.54, 1.807) is 55.6 Å². The molecule has 0 aromatic heterocycles. The van der Waals surface area contributed by atoms with Crippen LogP contribution in [-0.4, -0.2) is 5.11 Å². The maximum atomic E-state index is 12.2. The molecule has 0 aliphatic carbocycles. The third kappa shape index (κ3) is 12.7. The normalized spacial score (nSPS) is 13.2. The molecule has 0 aliphatic rings. The Morgan fingerprint density at radius 1 is 0.311 bits per heavy atom. The molecule has 4 rings (SSSR count). The summed E-state index contributed by atoms with van der Waals surface area (Å²) in [5.41, 5.74) is 23.0. The summed E-state index contributed by atoms with van der Waals surface area (Å²) in [7, 11) is 0. The Morgan fingerprint density at radius 3 is 0.885 bits per heavy atom. The molecule has 336 valence electrons. The van der Waals surface area contributed by atoms with Gasteiger partial charge in [-0.2, -0.15) is 0 Å². The topological polar surface area (TPSA) is 20.2 Å². The molecular weight excluding hydrogens is 737 g/mol. The van der Waals surface area contributed by atoms with Crippen molar-refractivity contribution in [3.63, 3.8) is 0 Å². The Labute approximate surface area is 377 Å². The summed E-state index contributed by atoms with van der Waals surface area (Å²) in [5.74, 6) is 1.26. The number of aryl methyl sites for hydroxylation is 3. The third-order valence-corrected chi connectivity index (χ3v) is 13.8. The van der Waals surface area contributed by atoms with Crippen LogP contribution in [0.5, 0.6) is 5.75 Å². The molecule has 3 unspecified atom stereocenters. The molecule has 0 heterocycles. The molecule has 4 aromatic rings. The van der Waals surface area contributed by atoms with Gasteiger partial charge in [0.15, 0.2) is 0 Å². The minimum absolute atomic E-state index is 0.185. The molecule has 0 saturated heterocycles. The largest absolute Gasteiger partial charge is 0.508 e. The van der Waals surface area contributed by atoms with Crippen molar-refractivity contribution in [1.29, 1.82) is 0 Å². The number of rotatable bonds is 27. The molecule has 0 radical (unpaired) electrons. The first-order valence-electron chi connectivity index (χ1n) is 25.8. The molecule has 1 N–H and O–H groups in total. The summed E-state index contributed by atoms with van der Waals surface area (Å²) in [4.78, 5) is 0. The average Bonchev–Trinajstić information content (AvgIpc) is 3.24. The summed E-state index contributed by atoms with van der Waals surface area (Å²) >= 11 is 0. The molecule has 0 fully saturated rings. The fourth-order valence-electron chi connectivity index (χ4n) is 11.3. The molecule has 0 bridgehead atoms. The van der Waals surface area contributed by atoms with Crippen molar-refractivity contribution in [1.82, 2.24) is 0 Å². The molecule has 1 heteroatoms. The van der Waals surface area contributed by atoms with E-state index < -0.39 is 0 Å². The molecular formula is C60H90O. The minimum Gasteiger partial charge on any atom is -0.508 e. The summed E-state index contributed by atoms with van der Waals surface area (Å²) in [5, 5.41) is 12.2. The van der Waals surface area contributed by atoms with E-state index in [9.17, 15) is 5.11 Å². The fourth-order valence-corrected chi connectivity index (χ4v) is 11.3. The van der Waals surface area contributed by atoms with Crippen LogP contribution in [0.25, 0.3) is 0 Å². The lowest BCUT2D eigenvalue weighted by atomic mass is 9.75. The van der Waals surface area contributed by atoms with Gasteiger partial charge in [-0.25, -0.2) is 0 Å². The second kappa shape index (κ2) is 25.7. The quantitative estimate of drug-likeness (QED) is 0.0635. The summed E-state index contributed by atoms with van der Waals surface area (Å²) in [6, 6.07) is 19.2. The van der Waals surface area contributed by atoms with Gasteiger partial charge in [0.05, 0.1) is 0 Å². The first-order valence-corrected chi connectivity index (χ1v) is 25.8. The highest BCUT2D eigenvalue weighted by molar-refractivity contribution is 5.53. The van der Waals surface area contributed by atoms with Gasteiger partial charge in [0.25, 0.3) is 0 Å². The van der Waals surface area contributed by atoms with Gasteiger partial charge in [0, 0.05) is 5.56 Å². The van der Waals surface area contributed by atoms with Crippen LogP contribution in [0.4, 0.5) is 0 Å². The maximum absolute atomic E-state index is 12.2. The van der Waals surface area contributed by atoms with Crippen LogP contribution in [0.15, 0.2) is 48.5 Å². The lowest BCUT2D eigenvalue weighted by Crippen LogP contribution is -2.16. The van der Waals surface area contributed by atoms with E-state index in [-0.39, 0.29) is 11.8 Å². The number of benzene rings is 4. The van der Waals surface area contributed by atoms with Crippen molar-refractivity contribution in [3.8, 4) is 5.75 Å². The molecule has 0 aliphatic heterocycles. The number of hydrogen-bond acceptors (Lipinski definition) is 1.